The van der Waals surface area contributed by atoms with Crippen LogP contribution in [0.2, 0.25) is 0 Å². The van der Waals surface area contributed by atoms with Crippen molar-refractivity contribution in [2.75, 3.05) is 23.0 Å². The molecule has 33 heavy (non-hydrogen) atoms. The minimum atomic E-state index is -3.50. The molecule has 0 saturated carbocycles. The van der Waals surface area contributed by atoms with Gasteiger partial charge in [-0.25, -0.2) is 8.42 Å². The third-order valence-corrected chi connectivity index (χ3v) is 6.44. The van der Waals surface area contributed by atoms with E-state index < -0.39 is 10.0 Å². The molecule has 1 fully saturated rings. The molecular weight excluding hydrogens is 458 g/mol. The number of pyridine rings is 1. The molecular formula is C23H27N5O3S2. The summed E-state index contributed by atoms with van der Waals surface area (Å²) in [6, 6.07) is 13.2. The number of methoxy groups -OCH3 is 1. The van der Waals surface area contributed by atoms with Crippen molar-refractivity contribution in [2.24, 2.45) is 0 Å². The highest BCUT2D eigenvalue weighted by molar-refractivity contribution is 7.92. The Hall–Kier alpha value is -3.11. The number of sulfonamides is 1. The second-order valence-electron chi connectivity index (χ2n) is 8.24. The summed E-state index contributed by atoms with van der Waals surface area (Å²) >= 11 is 5.76. The van der Waals surface area contributed by atoms with Crippen LogP contribution >= 0.6 is 12.2 Å². The summed E-state index contributed by atoms with van der Waals surface area (Å²) in [4.78, 5) is 6.57. The highest BCUT2D eigenvalue weighted by atomic mass is 32.2. The first-order valence-corrected chi connectivity index (χ1v) is 12.8. The standard InChI is InChI=1S/C23H27N5O3S2/c1-15(2)27-12-10-16(14-27)22-21(18-7-5-6-11-24-18)25-23(32)28(22)17-8-9-20(31-3)19(13-17)26-33(4,29)30/h5-15,21-22,26H,1-4H3,(H,25,32). The van der Waals surface area contributed by atoms with Gasteiger partial charge in [-0.3, -0.25) is 9.71 Å². The Kier molecular flexibility index (Phi) is 6.31. The first-order valence-electron chi connectivity index (χ1n) is 10.5. The number of benzene rings is 1. The maximum atomic E-state index is 11.9. The highest BCUT2D eigenvalue weighted by Gasteiger charge is 2.41. The Morgan fingerprint density at radius 1 is 1.21 bits per heavy atom. The van der Waals surface area contributed by atoms with Crippen molar-refractivity contribution in [3.63, 3.8) is 0 Å². The summed E-state index contributed by atoms with van der Waals surface area (Å²) in [7, 11) is -2.00. The number of thiocarbonyl (C=S) groups is 1. The Morgan fingerprint density at radius 2 is 2.00 bits per heavy atom. The third-order valence-electron chi connectivity index (χ3n) is 5.53. The quantitative estimate of drug-likeness (QED) is 0.489. The fourth-order valence-corrected chi connectivity index (χ4v) is 4.93. The van der Waals surface area contributed by atoms with Crippen molar-refractivity contribution in [1.82, 2.24) is 14.9 Å². The second kappa shape index (κ2) is 9.03. The molecule has 0 amide bonds. The van der Waals surface area contributed by atoms with E-state index in [-0.39, 0.29) is 12.1 Å². The van der Waals surface area contributed by atoms with Crippen LogP contribution < -0.4 is 19.7 Å². The van der Waals surface area contributed by atoms with Gasteiger partial charge in [-0.05, 0) is 68.0 Å². The lowest BCUT2D eigenvalue weighted by Gasteiger charge is -2.28. The lowest BCUT2D eigenvalue weighted by atomic mass is 9.98. The van der Waals surface area contributed by atoms with E-state index in [0.717, 1.165) is 23.2 Å². The largest absolute Gasteiger partial charge is 0.495 e. The molecule has 0 spiro atoms. The first kappa shape index (κ1) is 23.1. The van der Waals surface area contributed by atoms with E-state index in [1.807, 2.05) is 29.2 Å². The number of rotatable bonds is 7. The number of hydrogen-bond donors (Lipinski definition) is 2. The second-order valence-corrected chi connectivity index (χ2v) is 10.4. The van der Waals surface area contributed by atoms with Crippen LogP contribution in [-0.2, 0) is 10.0 Å². The molecule has 1 aliphatic rings. The van der Waals surface area contributed by atoms with E-state index in [1.165, 1.54) is 7.11 Å². The molecule has 3 heterocycles. The van der Waals surface area contributed by atoms with Crippen LogP contribution in [0.4, 0.5) is 11.4 Å². The molecule has 1 aromatic carbocycles. The van der Waals surface area contributed by atoms with Crippen LogP contribution in [-0.4, -0.2) is 36.4 Å². The van der Waals surface area contributed by atoms with Gasteiger partial charge in [0.05, 0.1) is 36.8 Å². The fourth-order valence-electron chi connectivity index (χ4n) is 4.02. The van der Waals surface area contributed by atoms with Gasteiger partial charge in [0.15, 0.2) is 5.11 Å². The molecule has 1 aliphatic heterocycles. The molecule has 0 aliphatic carbocycles. The van der Waals surface area contributed by atoms with E-state index in [1.54, 1.807) is 18.3 Å². The number of anilines is 2. The van der Waals surface area contributed by atoms with Gasteiger partial charge in [0.2, 0.25) is 10.0 Å². The first-order chi connectivity index (χ1) is 15.7. The zero-order chi connectivity index (χ0) is 23.8. The molecule has 1 saturated heterocycles. The van der Waals surface area contributed by atoms with Crippen molar-refractivity contribution in [2.45, 2.75) is 32.0 Å². The molecule has 0 bridgehead atoms. The van der Waals surface area contributed by atoms with Crippen molar-refractivity contribution in [3.8, 4) is 5.75 Å². The summed E-state index contributed by atoms with van der Waals surface area (Å²) in [6.07, 6.45) is 7.04. The molecule has 4 rings (SSSR count). The van der Waals surface area contributed by atoms with E-state index in [2.05, 4.69) is 51.9 Å². The third kappa shape index (κ3) is 4.81. The smallest absolute Gasteiger partial charge is 0.229 e. The summed E-state index contributed by atoms with van der Waals surface area (Å²) in [5, 5.41) is 3.95. The van der Waals surface area contributed by atoms with Crippen molar-refractivity contribution in [1.29, 1.82) is 0 Å². The van der Waals surface area contributed by atoms with E-state index in [9.17, 15) is 8.42 Å². The zero-order valence-electron chi connectivity index (χ0n) is 18.9. The molecule has 0 radical (unpaired) electrons. The Bertz CT molecular complexity index is 1260. The monoisotopic (exact) mass is 485 g/mol. The highest BCUT2D eigenvalue weighted by Crippen LogP contribution is 2.43. The Labute approximate surface area is 199 Å². The predicted molar refractivity (Wildman–Crippen MR) is 134 cm³/mol. The van der Waals surface area contributed by atoms with Gasteiger partial charge in [0, 0.05) is 30.3 Å². The number of aromatic nitrogens is 2. The van der Waals surface area contributed by atoms with Crippen molar-refractivity contribution in [3.05, 3.63) is 72.3 Å². The van der Waals surface area contributed by atoms with Gasteiger partial charge in [-0.1, -0.05) is 6.07 Å². The predicted octanol–water partition coefficient (Wildman–Crippen LogP) is 4.02. The SMILES string of the molecule is COc1ccc(N2C(=S)NC(c3ccccn3)C2c2ccn(C(C)C)c2)cc1NS(C)(=O)=O. The Balaban J connectivity index is 1.83. The van der Waals surface area contributed by atoms with Crippen LogP contribution in [0.25, 0.3) is 0 Å². The van der Waals surface area contributed by atoms with Crippen LogP contribution in [0, 0.1) is 0 Å². The van der Waals surface area contributed by atoms with Gasteiger partial charge in [-0.2, -0.15) is 0 Å². The molecule has 8 nitrogen and oxygen atoms in total. The fraction of sp³-hybridized carbons (Fsp3) is 0.304. The minimum Gasteiger partial charge on any atom is -0.495 e. The summed E-state index contributed by atoms with van der Waals surface area (Å²) in [5.74, 6) is 0.422. The van der Waals surface area contributed by atoms with Crippen LogP contribution in [0.5, 0.6) is 5.75 Å². The van der Waals surface area contributed by atoms with Gasteiger partial charge in [0.1, 0.15) is 5.75 Å². The number of ether oxygens (including phenoxy) is 1. The lowest BCUT2D eigenvalue weighted by molar-refractivity contribution is 0.417. The van der Waals surface area contributed by atoms with E-state index in [0.29, 0.717) is 22.6 Å². The van der Waals surface area contributed by atoms with Crippen LogP contribution in [0.1, 0.15) is 43.2 Å². The van der Waals surface area contributed by atoms with E-state index >= 15 is 0 Å². The molecule has 2 unspecified atom stereocenters. The van der Waals surface area contributed by atoms with Crippen LogP contribution in [0.3, 0.4) is 0 Å². The summed E-state index contributed by atoms with van der Waals surface area (Å²) < 4.78 is 33.9. The molecule has 3 aromatic rings. The van der Waals surface area contributed by atoms with Gasteiger partial charge in [-0.15, -0.1) is 0 Å². The zero-order valence-corrected chi connectivity index (χ0v) is 20.5. The molecule has 2 N–H and O–H groups in total. The average molecular weight is 486 g/mol. The summed E-state index contributed by atoms with van der Waals surface area (Å²) in [5.41, 5.74) is 3.02. The maximum Gasteiger partial charge on any atom is 0.229 e. The minimum absolute atomic E-state index is 0.185. The van der Waals surface area contributed by atoms with E-state index in [4.69, 9.17) is 17.0 Å². The molecule has 2 atom stereocenters. The topological polar surface area (TPSA) is 88.5 Å². The molecule has 174 valence electrons. The maximum absolute atomic E-state index is 11.9. The van der Waals surface area contributed by atoms with Crippen molar-refractivity contribution >= 4 is 38.7 Å². The number of nitrogens with zero attached hydrogens (tertiary/aromatic N) is 3. The normalized spacial score (nSPS) is 18.5. The molecule has 10 heteroatoms. The Morgan fingerprint density at radius 3 is 2.61 bits per heavy atom. The van der Waals surface area contributed by atoms with Gasteiger partial charge < -0.3 is 19.5 Å². The lowest BCUT2D eigenvalue weighted by Crippen LogP contribution is -2.29. The summed E-state index contributed by atoms with van der Waals surface area (Å²) in [6.45, 7) is 4.25. The molecule has 2 aromatic heterocycles. The van der Waals surface area contributed by atoms with Gasteiger partial charge in [0.25, 0.3) is 0 Å². The number of nitrogens with one attached hydrogen (secondary N) is 2. The van der Waals surface area contributed by atoms with Gasteiger partial charge >= 0.3 is 0 Å². The van der Waals surface area contributed by atoms with Crippen molar-refractivity contribution < 1.29 is 13.2 Å². The van der Waals surface area contributed by atoms with Crippen LogP contribution in [0.15, 0.2) is 61.1 Å². The number of hydrogen-bond acceptors (Lipinski definition) is 5. The average Bonchev–Trinajstić information content (AvgIpc) is 3.38.